The molecule has 0 spiro atoms. The minimum Gasteiger partial charge on any atom is -0.453 e. The number of hydrogen-bond acceptors (Lipinski definition) is 7. The van der Waals surface area contributed by atoms with Crippen molar-refractivity contribution in [2.75, 3.05) is 5.01 Å². The summed E-state index contributed by atoms with van der Waals surface area (Å²) in [6, 6.07) is 28.7. The van der Waals surface area contributed by atoms with E-state index in [9.17, 15) is 14.9 Å². The lowest BCUT2D eigenvalue weighted by molar-refractivity contribution is 0.101. The number of carbonyl (C=O) groups excluding carboxylic acids is 2. The summed E-state index contributed by atoms with van der Waals surface area (Å²) >= 11 is 1.00. The van der Waals surface area contributed by atoms with Gasteiger partial charge in [0.2, 0.25) is 11.6 Å². The molecule has 0 atom stereocenters. The lowest BCUT2D eigenvalue weighted by Gasteiger charge is -2.16. The normalized spacial score (nSPS) is 14.6. The van der Waals surface area contributed by atoms with Crippen molar-refractivity contribution < 1.29 is 14.0 Å². The monoisotopic (exact) mass is 449 g/mol. The molecule has 0 unspecified atom stereocenters. The third-order valence-electron chi connectivity index (χ3n) is 5.01. The molecule has 1 aliphatic rings. The summed E-state index contributed by atoms with van der Waals surface area (Å²) in [4.78, 5) is 26.4. The molecule has 33 heavy (non-hydrogen) atoms. The van der Waals surface area contributed by atoms with Crippen molar-refractivity contribution >= 4 is 45.0 Å². The van der Waals surface area contributed by atoms with Gasteiger partial charge in [-0.25, -0.2) is 5.01 Å². The van der Waals surface area contributed by atoms with Crippen LogP contribution in [0.5, 0.6) is 0 Å². The zero-order valence-electron chi connectivity index (χ0n) is 17.1. The Hall–Kier alpha value is -4.41. The lowest BCUT2D eigenvalue weighted by Crippen LogP contribution is -2.15. The average molecular weight is 449 g/mol. The van der Waals surface area contributed by atoms with Crippen molar-refractivity contribution in [1.29, 1.82) is 5.26 Å². The fourth-order valence-electron chi connectivity index (χ4n) is 3.41. The van der Waals surface area contributed by atoms with Crippen molar-refractivity contribution in [3.63, 3.8) is 0 Å². The van der Waals surface area contributed by atoms with Gasteiger partial charge in [0.25, 0.3) is 0 Å². The maximum atomic E-state index is 13.3. The number of thioether (sulfide) groups is 1. The van der Waals surface area contributed by atoms with Crippen LogP contribution in [0.4, 0.5) is 5.69 Å². The number of anilines is 1. The van der Waals surface area contributed by atoms with Crippen LogP contribution >= 0.6 is 11.8 Å². The summed E-state index contributed by atoms with van der Waals surface area (Å²) in [7, 11) is 0. The Morgan fingerprint density at radius 3 is 2.27 bits per heavy atom. The smallest absolute Gasteiger partial charge is 0.241 e. The third kappa shape index (κ3) is 3.84. The summed E-state index contributed by atoms with van der Waals surface area (Å²) in [6.07, 6.45) is 0. The molecule has 158 valence electrons. The minimum atomic E-state index is -0.569. The highest BCUT2D eigenvalue weighted by Crippen LogP contribution is 2.38. The first-order chi connectivity index (χ1) is 16.2. The average Bonchev–Trinajstić information content (AvgIpc) is 3.50. The number of hydrazone groups is 1. The maximum Gasteiger partial charge on any atom is 0.241 e. The topological polar surface area (TPSA) is 86.7 Å². The Bertz CT molecular complexity index is 1450. The molecule has 0 fully saturated rings. The first kappa shape index (κ1) is 20.5. The van der Waals surface area contributed by atoms with Gasteiger partial charge < -0.3 is 4.42 Å². The van der Waals surface area contributed by atoms with E-state index in [-0.39, 0.29) is 27.2 Å². The van der Waals surface area contributed by atoms with E-state index >= 15 is 0 Å². The number of hydrogen-bond donors (Lipinski definition) is 0. The second kappa shape index (κ2) is 8.61. The molecule has 4 aromatic rings. The highest BCUT2D eigenvalue weighted by atomic mass is 32.2. The van der Waals surface area contributed by atoms with Gasteiger partial charge in [-0.1, -0.05) is 66.7 Å². The largest absolute Gasteiger partial charge is 0.453 e. The Morgan fingerprint density at radius 2 is 1.58 bits per heavy atom. The molecule has 1 aromatic heterocycles. The minimum absolute atomic E-state index is 0.0525. The molecule has 6 nitrogen and oxygen atoms in total. The van der Waals surface area contributed by atoms with Crippen LogP contribution in [-0.2, 0) is 0 Å². The maximum absolute atomic E-state index is 13.3. The number of rotatable bonds is 5. The van der Waals surface area contributed by atoms with Gasteiger partial charge in [0.1, 0.15) is 22.3 Å². The number of furan rings is 1. The van der Waals surface area contributed by atoms with Crippen molar-refractivity contribution in [3.8, 4) is 6.07 Å². The molecular weight excluding hydrogens is 434 g/mol. The number of Topliss-reactive ketones (excluding diaryl/α,β-unsaturated/α-hetero) is 2. The van der Waals surface area contributed by atoms with E-state index < -0.39 is 5.78 Å². The quantitative estimate of drug-likeness (QED) is 0.217. The number of benzene rings is 3. The number of carbonyl (C=O) groups is 2. The van der Waals surface area contributed by atoms with Crippen molar-refractivity contribution in [1.82, 2.24) is 0 Å². The van der Waals surface area contributed by atoms with Crippen molar-refractivity contribution in [2.24, 2.45) is 5.10 Å². The van der Waals surface area contributed by atoms with Gasteiger partial charge in [-0.15, -0.1) is 0 Å². The summed E-state index contributed by atoms with van der Waals surface area (Å²) < 4.78 is 5.69. The summed E-state index contributed by atoms with van der Waals surface area (Å²) in [5.74, 6) is -0.803. The summed E-state index contributed by atoms with van der Waals surface area (Å²) in [5.41, 5.74) is 1.50. The highest BCUT2D eigenvalue weighted by Gasteiger charge is 2.34. The Kier molecular flexibility index (Phi) is 5.35. The van der Waals surface area contributed by atoms with E-state index in [1.54, 1.807) is 48.5 Å². The highest BCUT2D eigenvalue weighted by molar-refractivity contribution is 8.19. The Morgan fingerprint density at radius 1 is 0.909 bits per heavy atom. The zero-order valence-corrected chi connectivity index (χ0v) is 18.0. The van der Waals surface area contributed by atoms with E-state index in [4.69, 9.17) is 4.42 Å². The molecule has 2 heterocycles. The second-order valence-electron chi connectivity index (χ2n) is 7.12. The van der Waals surface area contributed by atoms with E-state index in [0.29, 0.717) is 16.8 Å². The van der Waals surface area contributed by atoms with Gasteiger partial charge >= 0.3 is 0 Å². The van der Waals surface area contributed by atoms with Crippen LogP contribution in [0.1, 0.15) is 20.9 Å². The van der Waals surface area contributed by atoms with Crippen LogP contribution in [0.2, 0.25) is 0 Å². The van der Waals surface area contributed by atoms with Gasteiger partial charge in [-0.05, 0) is 36.0 Å². The first-order valence-electron chi connectivity index (χ1n) is 10.0. The molecule has 0 aliphatic carbocycles. The number of ketones is 2. The van der Waals surface area contributed by atoms with Crippen molar-refractivity contribution in [3.05, 3.63) is 113 Å². The molecule has 1 aliphatic heterocycles. The van der Waals surface area contributed by atoms with Gasteiger partial charge in [-0.2, -0.15) is 10.4 Å². The zero-order chi connectivity index (χ0) is 22.8. The van der Waals surface area contributed by atoms with Gasteiger partial charge in [-0.3, -0.25) is 9.59 Å². The standard InChI is InChI=1S/C26H15N3O3S/c27-16-20(24(31)22-15-18-11-7-8-14-21(18)32-22)26-29(19-12-5-2-6-13-19)28-25(33-26)23(30)17-9-3-1-4-10-17/h1-15H/b26-20+. The Balaban J connectivity index is 1.59. The van der Waals surface area contributed by atoms with Gasteiger partial charge in [0.15, 0.2) is 10.8 Å². The fraction of sp³-hybridized carbons (Fsp3) is 0. The Labute approximate surface area is 193 Å². The van der Waals surface area contributed by atoms with Crippen LogP contribution < -0.4 is 5.01 Å². The molecule has 0 bridgehead atoms. The summed E-state index contributed by atoms with van der Waals surface area (Å²) in [5, 5.41) is 17.1. The number of allylic oxidation sites excluding steroid dienone is 1. The van der Waals surface area contributed by atoms with E-state index in [2.05, 4.69) is 5.10 Å². The first-order valence-corrected chi connectivity index (χ1v) is 10.9. The SMILES string of the molecule is N#C/C(C(=O)c1cc2ccccc2o1)=C1\SC(C(=O)c2ccccc2)=NN1c1ccccc1. The molecule has 3 aromatic carbocycles. The fourth-order valence-corrected chi connectivity index (χ4v) is 4.40. The van der Waals surface area contributed by atoms with E-state index in [1.807, 2.05) is 48.5 Å². The molecule has 0 radical (unpaired) electrons. The molecule has 0 amide bonds. The third-order valence-corrected chi connectivity index (χ3v) is 6.04. The van der Waals surface area contributed by atoms with Crippen molar-refractivity contribution in [2.45, 2.75) is 0 Å². The van der Waals surface area contributed by atoms with Crippen LogP contribution in [0.25, 0.3) is 11.0 Å². The summed E-state index contributed by atoms with van der Waals surface area (Å²) in [6.45, 7) is 0. The predicted octanol–water partition coefficient (Wildman–Crippen LogP) is 5.80. The number of nitrogens with zero attached hydrogens (tertiary/aromatic N) is 3. The van der Waals surface area contributed by atoms with E-state index in [1.165, 1.54) is 5.01 Å². The molecule has 5 rings (SSSR count). The molecule has 0 N–H and O–H groups in total. The lowest BCUT2D eigenvalue weighted by atomic mass is 10.1. The van der Waals surface area contributed by atoms with Crippen LogP contribution in [0, 0.1) is 11.3 Å². The number of nitriles is 1. The molecule has 0 saturated carbocycles. The van der Waals surface area contributed by atoms with Crippen LogP contribution in [0.15, 0.2) is 111 Å². The second-order valence-corrected chi connectivity index (χ2v) is 8.10. The van der Waals surface area contributed by atoms with Crippen LogP contribution in [0.3, 0.4) is 0 Å². The predicted molar refractivity (Wildman–Crippen MR) is 128 cm³/mol. The number of fused-ring (bicyclic) bond motifs is 1. The molecular formula is C26H15N3O3S. The molecule has 0 saturated heterocycles. The number of para-hydroxylation sites is 2. The van der Waals surface area contributed by atoms with Gasteiger partial charge in [0.05, 0.1) is 5.69 Å². The molecule has 7 heteroatoms. The van der Waals surface area contributed by atoms with E-state index in [0.717, 1.165) is 17.1 Å². The van der Waals surface area contributed by atoms with Crippen LogP contribution in [-0.4, -0.2) is 16.6 Å². The van der Waals surface area contributed by atoms with Gasteiger partial charge in [0, 0.05) is 10.9 Å².